The molecule has 7 nitrogen and oxygen atoms in total. The van der Waals surface area contributed by atoms with E-state index in [1.54, 1.807) is 0 Å². The summed E-state index contributed by atoms with van der Waals surface area (Å²) in [5.41, 5.74) is 21.4. The van der Waals surface area contributed by atoms with E-state index in [1.165, 1.54) is 16.3 Å². The molecule has 86 heavy (non-hydrogen) atoms. The quantitative estimate of drug-likeness (QED) is 0.122. The van der Waals surface area contributed by atoms with E-state index in [4.69, 9.17) is 15.0 Å². The number of benzene rings is 12. The number of aromatic nitrogens is 5. The Bertz CT molecular complexity index is 5140. The first kappa shape index (κ1) is 50.1. The van der Waals surface area contributed by atoms with Crippen molar-refractivity contribution in [3.63, 3.8) is 0 Å². The molecule has 7 heteroatoms. The van der Waals surface area contributed by atoms with Gasteiger partial charge in [-0.3, -0.25) is 4.57 Å². The predicted molar refractivity (Wildman–Crippen MR) is 357 cm³/mol. The summed E-state index contributed by atoms with van der Waals surface area (Å²) in [5, 5.41) is 4.70. The van der Waals surface area contributed by atoms with Crippen molar-refractivity contribution in [2.75, 3.05) is 9.80 Å². The van der Waals surface area contributed by atoms with Gasteiger partial charge in [0.2, 0.25) is 0 Å². The number of hydrogen-bond donors (Lipinski definition) is 0. The first-order chi connectivity index (χ1) is 42.7. The number of rotatable bonds is 12. The van der Waals surface area contributed by atoms with Gasteiger partial charge in [-0.25, -0.2) is 15.0 Å². The van der Waals surface area contributed by atoms with Crippen LogP contribution in [-0.2, 0) is 0 Å². The van der Waals surface area contributed by atoms with Crippen molar-refractivity contribution in [1.82, 2.24) is 24.1 Å². The number of pyridine rings is 1. The first-order valence-electron chi connectivity index (χ1n) is 29.1. The number of nitrogens with zero attached hydrogens (tertiary/aromatic N) is 7. The van der Waals surface area contributed by atoms with Crippen LogP contribution in [0.3, 0.4) is 0 Å². The second-order valence-corrected chi connectivity index (χ2v) is 21.6. The van der Waals surface area contributed by atoms with Crippen LogP contribution in [0.1, 0.15) is 0 Å². The zero-order valence-corrected chi connectivity index (χ0v) is 46.7. The molecular weight excluding hydrogens is 1050 g/mol. The Morgan fingerprint density at radius 2 is 0.721 bits per heavy atom. The van der Waals surface area contributed by atoms with Crippen LogP contribution < -0.4 is 9.80 Å². The molecule has 0 fully saturated rings. The summed E-state index contributed by atoms with van der Waals surface area (Å²) in [6, 6.07) is 112. The third-order valence-electron chi connectivity index (χ3n) is 16.5. The molecular formula is C79H53N7. The molecule has 0 aliphatic carbocycles. The van der Waals surface area contributed by atoms with Gasteiger partial charge in [0.05, 0.1) is 44.5 Å². The fourth-order valence-electron chi connectivity index (χ4n) is 12.6. The predicted octanol–water partition coefficient (Wildman–Crippen LogP) is 20.8. The lowest BCUT2D eigenvalue weighted by molar-refractivity contribution is 1.08. The van der Waals surface area contributed by atoms with Crippen LogP contribution in [-0.4, -0.2) is 24.1 Å². The minimum atomic E-state index is 0.790. The highest BCUT2D eigenvalue weighted by atomic mass is 15.2. The molecule has 0 spiro atoms. The van der Waals surface area contributed by atoms with Crippen molar-refractivity contribution in [2.45, 2.75) is 0 Å². The highest BCUT2D eigenvalue weighted by Gasteiger charge is 2.23. The molecule has 0 unspecified atom stereocenters. The molecule has 0 atom stereocenters. The lowest BCUT2D eigenvalue weighted by atomic mass is 9.97. The van der Waals surface area contributed by atoms with E-state index in [0.29, 0.717) is 0 Å². The Morgan fingerprint density at radius 1 is 0.267 bits per heavy atom. The number of hydrogen-bond acceptors (Lipinski definition) is 5. The van der Waals surface area contributed by atoms with Gasteiger partial charge in [0.25, 0.3) is 0 Å². The SMILES string of the molecule is c1ccc(-c2cccc(-c3cccc4nc(-c5ccc(N(c6ccccc6)c6ccc7c(c6)c6ccccc6n7-c6ccccc6)cc5)c(-c5ccc(N(c6ccccc6)c6ccc7c(c6)c6ccccc6n7-c6ccccn6)cc5)nc34)c2)cc1. The molecule has 0 saturated heterocycles. The summed E-state index contributed by atoms with van der Waals surface area (Å²) in [6.45, 7) is 0. The molecule has 12 aromatic carbocycles. The molecule has 16 rings (SSSR count). The summed E-state index contributed by atoms with van der Waals surface area (Å²) in [5.74, 6) is 0.883. The third kappa shape index (κ3) is 8.81. The van der Waals surface area contributed by atoms with Gasteiger partial charge in [-0.05, 0) is 150 Å². The van der Waals surface area contributed by atoms with E-state index in [2.05, 4.69) is 322 Å². The number of para-hydroxylation sites is 6. The van der Waals surface area contributed by atoms with Gasteiger partial charge in [0.1, 0.15) is 5.82 Å². The molecule has 0 saturated carbocycles. The van der Waals surface area contributed by atoms with Gasteiger partial charge in [-0.15, -0.1) is 0 Å². The third-order valence-corrected chi connectivity index (χ3v) is 16.5. The van der Waals surface area contributed by atoms with E-state index in [1.807, 2.05) is 18.3 Å². The van der Waals surface area contributed by atoms with Crippen LogP contribution in [0.15, 0.2) is 322 Å². The summed E-state index contributed by atoms with van der Waals surface area (Å²) in [7, 11) is 0. The average molecular weight is 1100 g/mol. The molecule has 4 heterocycles. The van der Waals surface area contributed by atoms with Gasteiger partial charge in [-0.2, -0.15) is 0 Å². The lowest BCUT2D eigenvalue weighted by Gasteiger charge is -2.26. The fraction of sp³-hybridized carbons (Fsp3) is 0. The molecule has 0 bridgehead atoms. The standard InChI is InChI=1S/C79H53N7/c1-5-21-54(22-6-1)57-23-19-24-58(51-57)66-33-20-34-71-79(66)82-78(56-40-44-63(45-41-56)84(60-27-9-3-10-28-60)65-47-49-75-70(53-65)68-32-14-16-36-73(68)86(75)76-37-17-18-50-80-76)77(81-71)55-38-42-62(43-39-55)83(59-25-7-2-8-26-59)64-46-48-74-69(52-64)67-31-13-15-35-72(67)85(74)61-29-11-4-12-30-61/h1-53H. The maximum Gasteiger partial charge on any atom is 0.137 e. The summed E-state index contributed by atoms with van der Waals surface area (Å²) in [4.78, 5) is 20.8. The maximum absolute atomic E-state index is 5.72. The molecule has 0 aliphatic heterocycles. The van der Waals surface area contributed by atoms with Crippen molar-refractivity contribution in [3.8, 4) is 56.3 Å². The van der Waals surface area contributed by atoms with Crippen molar-refractivity contribution in [2.24, 2.45) is 0 Å². The molecule has 404 valence electrons. The Morgan fingerprint density at radius 3 is 1.31 bits per heavy atom. The minimum Gasteiger partial charge on any atom is -0.310 e. The van der Waals surface area contributed by atoms with Crippen LogP contribution in [0.5, 0.6) is 0 Å². The van der Waals surface area contributed by atoms with Crippen molar-refractivity contribution in [3.05, 3.63) is 322 Å². The molecule has 0 radical (unpaired) electrons. The van der Waals surface area contributed by atoms with Crippen LogP contribution in [0.4, 0.5) is 34.1 Å². The highest BCUT2D eigenvalue weighted by molar-refractivity contribution is 6.12. The summed E-state index contributed by atoms with van der Waals surface area (Å²) in [6.07, 6.45) is 1.85. The minimum absolute atomic E-state index is 0.790. The van der Waals surface area contributed by atoms with Gasteiger partial charge in [0.15, 0.2) is 0 Å². The largest absolute Gasteiger partial charge is 0.310 e. The van der Waals surface area contributed by atoms with Crippen molar-refractivity contribution in [1.29, 1.82) is 0 Å². The molecule has 16 aromatic rings. The first-order valence-corrected chi connectivity index (χ1v) is 29.1. The van der Waals surface area contributed by atoms with E-state index in [-0.39, 0.29) is 0 Å². The molecule has 0 aliphatic rings. The average Bonchev–Trinajstić information content (AvgIpc) is 2.45. The number of fused-ring (bicyclic) bond motifs is 7. The highest BCUT2D eigenvalue weighted by Crippen LogP contribution is 2.44. The number of anilines is 6. The van der Waals surface area contributed by atoms with Crippen molar-refractivity contribution >= 4 is 88.8 Å². The van der Waals surface area contributed by atoms with Gasteiger partial charge >= 0.3 is 0 Å². The normalized spacial score (nSPS) is 11.5. The Kier molecular flexibility index (Phi) is 12.4. The van der Waals surface area contributed by atoms with E-state index < -0.39 is 0 Å². The zero-order chi connectivity index (χ0) is 56.9. The van der Waals surface area contributed by atoms with Crippen molar-refractivity contribution < 1.29 is 0 Å². The lowest BCUT2D eigenvalue weighted by Crippen LogP contribution is -2.10. The molecule has 4 aromatic heterocycles. The Hall–Kier alpha value is -11.7. The molecule has 0 N–H and O–H groups in total. The van der Waals surface area contributed by atoms with E-state index in [9.17, 15) is 0 Å². The summed E-state index contributed by atoms with van der Waals surface area (Å²) >= 11 is 0. The van der Waals surface area contributed by atoms with Crippen LogP contribution in [0, 0.1) is 0 Å². The van der Waals surface area contributed by atoms with E-state index >= 15 is 0 Å². The van der Waals surface area contributed by atoms with Gasteiger partial charge in [-0.1, -0.05) is 182 Å². The van der Waals surface area contributed by atoms with Crippen LogP contribution in [0.2, 0.25) is 0 Å². The maximum atomic E-state index is 5.72. The smallest absolute Gasteiger partial charge is 0.137 e. The monoisotopic (exact) mass is 1100 g/mol. The second kappa shape index (κ2) is 21.3. The molecule has 0 amide bonds. The van der Waals surface area contributed by atoms with E-state index in [0.717, 1.165) is 129 Å². The Balaban J connectivity index is 0.832. The van der Waals surface area contributed by atoms with Gasteiger partial charge < -0.3 is 14.4 Å². The topological polar surface area (TPSA) is 55.0 Å². The zero-order valence-electron chi connectivity index (χ0n) is 46.7. The second-order valence-electron chi connectivity index (χ2n) is 21.6. The Labute approximate surface area is 497 Å². The van der Waals surface area contributed by atoms with Gasteiger partial charge in [0, 0.05) is 84.2 Å². The summed E-state index contributed by atoms with van der Waals surface area (Å²) < 4.78 is 4.62. The fourth-order valence-corrected chi connectivity index (χ4v) is 12.6. The van der Waals surface area contributed by atoms with Crippen LogP contribution in [0.25, 0.3) is 111 Å². The van der Waals surface area contributed by atoms with Crippen LogP contribution >= 0.6 is 0 Å².